The molecular weight excluding hydrogens is 194 g/mol. The van der Waals surface area contributed by atoms with E-state index in [-0.39, 0.29) is 12.5 Å². The van der Waals surface area contributed by atoms with Crippen LogP contribution in [0.15, 0.2) is 16.5 Å². The molecule has 0 aromatic carbocycles. The van der Waals surface area contributed by atoms with E-state index < -0.39 is 0 Å². The van der Waals surface area contributed by atoms with Gasteiger partial charge in [-0.15, -0.1) is 0 Å². The number of esters is 1. The number of aryl methyl sites for hydroxylation is 1. The lowest BCUT2D eigenvalue weighted by Gasteiger charge is -2.02. The molecule has 0 aliphatic heterocycles. The maximum absolute atomic E-state index is 11.0. The molecule has 15 heavy (non-hydrogen) atoms. The molecule has 1 heterocycles. The minimum atomic E-state index is -0.215. The Morgan fingerprint density at radius 1 is 1.53 bits per heavy atom. The van der Waals surface area contributed by atoms with Gasteiger partial charge in [-0.05, 0) is 26.0 Å². The van der Waals surface area contributed by atoms with Crippen molar-refractivity contribution >= 4 is 5.97 Å². The van der Waals surface area contributed by atoms with Crippen molar-refractivity contribution in [3.8, 4) is 0 Å². The van der Waals surface area contributed by atoms with Gasteiger partial charge >= 0.3 is 5.97 Å². The van der Waals surface area contributed by atoms with Gasteiger partial charge in [-0.1, -0.05) is 0 Å². The largest absolute Gasteiger partial charge is 0.466 e. The summed E-state index contributed by atoms with van der Waals surface area (Å²) in [5.41, 5.74) is 0. The Labute approximate surface area is 89.6 Å². The third-order valence-corrected chi connectivity index (χ3v) is 1.92. The van der Waals surface area contributed by atoms with E-state index in [1.807, 2.05) is 19.1 Å². The van der Waals surface area contributed by atoms with Gasteiger partial charge in [-0.25, -0.2) is 0 Å². The van der Waals surface area contributed by atoms with Crippen LogP contribution in [0.2, 0.25) is 0 Å². The maximum Gasteiger partial charge on any atom is 0.319 e. The molecule has 0 spiro atoms. The lowest BCUT2D eigenvalue weighted by molar-refractivity contribution is -0.141. The van der Waals surface area contributed by atoms with Crippen LogP contribution in [0, 0.1) is 6.92 Å². The summed E-state index contributed by atoms with van der Waals surface area (Å²) in [4.78, 5) is 11.0. The van der Waals surface area contributed by atoms with Crippen molar-refractivity contribution in [2.45, 2.75) is 20.3 Å². The molecule has 0 fully saturated rings. The van der Waals surface area contributed by atoms with Crippen molar-refractivity contribution in [3.63, 3.8) is 0 Å². The van der Waals surface area contributed by atoms with E-state index in [1.165, 1.54) is 0 Å². The molecular formula is C11H17NO3. The molecule has 1 aromatic heterocycles. The number of hydrogen-bond donors (Lipinski definition) is 1. The lowest BCUT2D eigenvalue weighted by Crippen LogP contribution is -2.26. The van der Waals surface area contributed by atoms with E-state index >= 15 is 0 Å². The van der Waals surface area contributed by atoms with Crippen molar-refractivity contribution in [1.82, 2.24) is 5.32 Å². The third kappa shape index (κ3) is 4.65. The minimum Gasteiger partial charge on any atom is -0.466 e. The Balaban J connectivity index is 2.09. The summed E-state index contributed by atoms with van der Waals surface area (Å²) in [6.07, 6.45) is 0.785. The van der Waals surface area contributed by atoms with Crippen molar-refractivity contribution in [1.29, 1.82) is 0 Å². The molecule has 0 bridgehead atoms. The topological polar surface area (TPSA) is 51.5 Å². The van der Waals surface area contributed by atoms with Crippen LogP contribution in [0.4, 0.5) is 0 Å². The van der Waals surface area contributed by atoms with Crippen LogP contribution in [-0.2, 0) is 16.0 Å². The molecule has 0 radical (unpaired) electrons. The summed E-state index contributed by atoms with van der Waals surface area (Å²) in [5.74, 6) is 1.63. The highest BCUT2D eigenvalue weighted by Crippen LogP contribution is 2.05. The molecule has 0 aliphatic carbocycles. The van der Waals surface area contributed by atoms with Gasteiger partial charge in [0, 0.05) is 13.0 Å². The molecule has 0 saturated heterocycles. The summed E-state index contributed by atoms with van der Waals surface area (Å²) >= 11 is 0. The van der Waals surface area contributed by atoms with Gasteiger partial charge < -0.3 is 14.5 Å². The standard InChI is InChI=1S/C11H17NO3/c1-3-14-11(13)8-12-7-6-10-5-4-9(2)15-10/h4-5,12H,3,6-8H2,1-2H3. The highest BCUT2D eigenvalue weighted by Gasteiger charge is 2.01. The van der Waals surface area contributed by atoms with Gasteiger partial charge in [-0.3, -0.25) is 4.79 Å². The molecule has 4 nitrogen and oxygen atoms in total. The van der Waals surface area contributed by atoms with Gasteiger partial charge in [-0.2, -0.15) is 0 Å². The summed E-state index contributed by atoms with van der Waals surface area (Å²) in [6.45, 7) is 5.11. The van der Waals surface area contributed by atoms with Crippen molar-refractivity contribution in [2.75, 3.05) is 19.7 Å². The third-order valence-electron chi connectivity index (χ3n) is 1.92. The molecule has 0 amide bonds. The number of ether oxygens (including phenoxy) is 1. The molecule has 0 saturated carbocycles. The predicted octanol–water partition coefficient (Wildman–Crippen LogP) is 1.28. The first kappa shape index (κ1) is 11.8. The van der Waals surface area contributed by atoms with E-state index in [9.17, 15) is 4.79 Å². The number of nitrogens with one attached hydrogen (secondary N) is 1. The van der Waals surface area contributed by atoms with Crippen LogP contribution < -0.4 is 5.32 Å². The SMILES string of the molecule is CCOC(=O)CNCCc1ccc(C)o1. The Morgan fingerprint density at radius 3 is 2.93 bits per heavy atom. The van der Waals surface area contributed by atoms with Gasteiger partial charge in [0.25, 0.3) is 0 Å². The normalized spacial score (nSPS) is 10.3. The summed E-state index contributed by atoms with van der Waals surface area (Å²) in [6, 6.07) is 3.88. The van der Waals surface area contributed by atoms with Gasteiger partial charge in [0.2, 0.25) is 0 Å². The fourth-order valence-electron chi connectivity index (χ4n) is 1.23. The van der Waals surface area contributed by atoms with Crippen LogP contribution in [0.1, 0.15) is 18.4 Å². The number of furan rings is 1. The van der Waals surface area contributed by atoms with Crippen LogP contribution in [0.5, 0.6) is 0 Å². The maximum atomic E-state index is 11.0. The molecule has 1 N–H and O–H groups in total. The van der Waals surface area contributed by atoms with E-state index in [1.54, 1.807) is 6.92 Å². The Hall–Kier alpha value is -1.29. The average Bonchev–Trinajstić information content (AvgIpc) is 2.60. The van der Waals surface area contributed by atoms with Crippen LogP contribution in [-0.4, -0.2) is 25.7 Å². The first-order valence-corrected chi connectivity index (χ1v) is 5.14. The second kappa shape index (κ2) is 6.24. The molecule has 4 heteroatoms. The smallest absolute Gasteiger partial charge is 0.319 e. The molecule has 1 aromatic rings. The Bertz CT molecular complexity index is 307. The summed E-state index contributed by atoms with van der Waals surface area (Å²) in [7, 11) is 0. The zero-order valence-electron chi connectivity index (χ0n) is 9.21. The monoisotopic (exact) mass is 211 g/mol. The molecule has 1 rings (SSSR count). The Kier molecular flexibility index (Phi) is 4.90. The van der Waals surface area contributed by atoms with Gasteiger partial charge in [0.15, 0.2) is 0 Å². The van der Waals surface area contributed by atoms with Crippen LogP contribution >= 0.6 is 0 Å². The lowest BCUT2D eigenvalue weighted by atomic mass is 10.3. The zero-order valence-corrected chi connectivity index (χ0v) is 9.21. The van der Waals surface area contributed by atoms with Crippen molar-refractivity contribution in [3.05, 3.63) is 23.7 Å². The minimum absolute atomic E-state index is 0.215. The summed E-state index contributed by atoms with van der Waals surface area (Å²) in [5, 5.41) is 2.99. The average molecular weight is 211 g/mol. The van der Waals surface area contributed by atoms with Gasteiger partial charge in [0.1, 0.15) is 11.5 Å². The quantitative estimate of drug-likeness (QED) is 0.569. The number of hydrogen-bond acceptors (Lipinski definition) is 4. The van der Waals surface area contributed by atoms with Crippen LogP contribution in [0.3, 0.4) is 0 Å². The van der Waals surface area contributed by atoms with Gasteiger partial charge in [0.05, 0.1) is 13.2 Å². The highest BCUT2D eigenvalue weighted by molar-refractivity contribution is 5.71. The fourth-order valence-corrected chi connectivity index (χ4v) is 1.23. The van der Waals surface area contributed by atoms with Crippen LogP contribution in [0.25, 0.3) is 0 Å². The summed E-state index contributed by atoms with van der Waals surface area (Å²) < 4.78 is 10.2. The first-order chi connectivity index (χ1) is 7.22. The van der Waals surface area contributed by atoms with Crippen molar-refractivity contribution < 1.29 is 13.9 Å². The number of carbonyl (C=O) groups excluding carboxylic acids is 1. The predicted molar refractivity (Wildman–Crippen MR) is 56.7 cm³/mol. The van der Waals surface area contributed by atoms with E-state index in [0.29, 0.717) is 13.2 Å². The molecule has 0 unspecified atom stereocenters. The second-order valence-corrected chi connectivity index (χ2v) is 3.24. The fraction of sp³-hybridized carbons (Fsp3) is 0.545. The van der Waals surface area contributed by atoms with Crippen molar-refractivity contribution in [2.24, 2.45) is 0 Å². The molecule has 0 atom stereocenters. The molecule has 0 aliphatic rings. The highest BCUT2D eigenvalue weighted by atomic mass is 16.5. The van der Waals surface area contributed by atoms with E-state index in [4.69, 9.17) is 9.15 Å². The number of rotatable bonds is 6. The second-order valence-electron chi connectivity index (χ2n) is 3.24. The number of carbonyl (C=O) groups is 1. The Morgan fingerprint density at radius 2 is 2.33 bits per heavy atom. The van der Waals surface area contributed by atoms with E-state index in [2.05, 4.69) is 5.32 Å². The molecule has 84 valence electrons. The zero-order chi connectivity index (χ0) is 11.1. The van der Waals surface area contributed by atoms with E-state index in [0.717, 1.165) is 17.9 Å². The first-order valence-electron chi connectivity index (χ1n) is 5.14.